The first-order valence-corrected chi connectivity index (χ1v) is 9.67. The van der Waals surface area contributed by atoms with E-state index in [-0.39, 0.29) is 30.7 Å². The summed E-state index contributed by atoms with van der Waals surface area (Å²) in [5.74, 6) is -0.0912. The van der Waals surface area contributed by atoms with E-state index in [0.29, 0.717) is 12.3 Å². The van der Waals surface area contributed by atoms with Crippen molar-refractivity contribution in [3.8, 4) is 0 Å². The zero-order chi connectivity index (χ0) is 18.1. The zero-order valence-corrected chi connectivity index (χ0v) is 15.2. The van der Waals surface area contributed by atoms with Crippen molar-refractivity contribution in [3.05, 3.63) is 24.3 Å². The highest BCUT2D eigenvalue weighted by Gasteiger charge is 2.49. The topological polar surface area (TPSA) is 76.0 Å². The van der Waals surface area contributed by atoms with Crippen LogP contribution < -0.4 is 0 Å². The van der Waals surface area contributed by atoms with Gasteiger partial charge in [0.25, 0.3) is 0 Å². The number of aliphatic carboxylic acids is 1. The fourth-order valence-corrected chi connectivity index (χ4v) is 3.72. The minimum atomic E-state index is -0.741. The third-order valence-corrected chi connectivity index (χ3v) is 5.16. The summed E-state index contributed by atoms with van der Waals surface area (Å²) in [7, 11) is 0. The molecule has 2 N–H and O–H groups in total. The van der Waals surface area contributed by atoms with E-state index in [0.717, 1.165) is 44.9 Å². The summed E-state index contributed by atoms with van der Waals surface area (Å²) >= 11 is 0. The number of hydrogen-bond donors (Lipinski definition) is 2. The Labute approximate surface area is 150 Å². The van der Waals surface area contributed by atoms with Gasteiger partial charge in [-0.1, -0.05) is 50.5 Å². The highest BCUT2D eigenvalue weighted by Crippen LogP contribution is 2.44. The van der Waals surface area contributed by atoms with E-state index in [9.17, 15) is 9.90 Å². The summed E-state index contributed by atoms with van der Waals surface area (Å²) in [6.45, 7) is 2.16. The summed E-state index contributed by atoms with van der Waals surface area (Å²) in [6, 6.07) is 0. The van der Waals surface area contributed by atoms with Gasteiger partial charge in [0.1, 0.15) is 6.10 Å². The molecule has 0 aromatic carbocycles. The van der Waals surface area contributed by atoms with Crippen molar-refractivity contribution in [2.24, 2.45) is 11.8 Å². The van der Waals surface area contributed by atoms with Crippen LogP contribution in [0.15, 0.2) is 24.3 Å². The molecular weight excluding hydrogens is 320 g/mol. The van der Waals surface area contributed by atoms with Gasteiger partial charge in [-0.3, -0.25) is 4.79 Å². The van der Waals surface area contributed by atoms with Crippen LogP contribution in [0, 0.1) is 11.8 Å². The molecule has 1 saturated heterocycles. The Hall–Kier alpha value is -1.17. The molecule has 1 heterocycles. The fourth-order valence-electron chi connectivity index (χ4n) is 3.72. The number of allylic oxidation sites excluding steroid dienone is 2. The van der Waals surface area contributed by atoms with Crippen molar-refractivity contribution in [1.29, 1.82) is 0 Å². The molecule has 5 heteroatoms. The fraction of sp³-hybridized carbons (Fsp3) is 0.750. The molecule has 5 atom stereocenters. The monoisotopic (exact) mass is 352 g/mol. The lowest BCUT2D eigenvalue weighted by molar-refractivity contribution is -0.336. The minimum absolute atomic E-state index is 0.0921. The first-order valence-electron chi connectivity index (χ1n) is 9.67. The van der Waals surface area contributed by atoms with E-state index in [1.165, 1.54) is 0 Å². The number of carboxylic acid groups (broad SMARTS) is 1. The van der Waals surface area contributed by atoms with Gasteiger partial charge in [-0.05, 0) is 25.7 Å². The molecule has 0 aromatic heterocycles. The highest BCUT2D eigenvalue weighted by atomic mass is 17.2. The molecule has 0 radical (unpaired) electrons. The Kier molecular flexibility index (Phi) is 8.65. The van der Waals surface area contributed by atoms with Gasteiger partial charge in [-0.2, -0.15) is 0 Å². The molecule has 1 aliphatic carbocycles. The summed E-state index contributed by atoms with van der Waals surface area (Å²) < 4.78 is 0. The molecule has 2 rings (SSSR count). The Bertz CT molecular complexity index is 459. The van der Waals surface area contributed by atoms with Gasteiger partial charge in [0.2, 0.25) is 0 Å². The molecule has 1 aliphatic heterocycles. The van der Waals surface area contributed by atoms with Crippen molar-refractivity contribution >= 4 is 5.97 Å². The summed E-state index contributed by atoms with van der Waals surface area (Å²) in [6.07, 6.45) is 15.8. The van der Waals surface area contributed by atoms with Gasteiger partial charge in [-0.15, -0.1) is 0 Å². The van der Waals surface area contributed by atoms with E-state index >= 15 is 0 Å². The highest BCUT2D eigenvalue weighted by molar-refractivity contribution is 5.66. The van der Waals surface area contributed by atoms with Crippen molar-refractivity contribution in [3.63, 3.8) is 0 Å². The molecular formula is C20H32O5. The van der Waals surface area contributed by atoms with Crippen LogP contribution in [-0.4, -0.2) is 34.5 Å². The number of unbranched alkanes of at least 4 members (excludes halogenated alkanes) is 3. The van der Waals surface area contributed by atoms with E-state index in [1.54, 1.807) is 0 Å². The number of aliphatic hydroxyl groups is 1. The first-order chi connectivity index (χ1) is 12.1. The maximum Gasteiger partial charge on any atom is 0.303 e. The van der Waals surface area contributed by atoms with Crippen LogP contribution in [0.25, 0.3) is 0 Å². The van der Waals surface area contributed by atoms with E-state index in [4.69, 9.17) is 14.9 Å². The maximum atomic E-state index is 10.5. The number of fused-ring (bicyclic) bond motifs is 2. The van der Waals surface area contributed by atoms with Crippen LogP contribution in [0.5, 0.6) is 0 Å². The van der Waals surface area contributed by atoms with Crippen LogP contribution in [0.4, 0.5) is 0 Å². The lowest BCUT2D eigenvalue weighted by Gasteiger charge is -2.27. The predicted molar refractivity (Wildman–Crippen MR) is 95.9 cm³/mol. The Morgan fingerprint density at radius 2 is 2.00 bits per heavy atom. The van der Waals surface area contributed by atoms with Crippen LogP contribution in [0.1, 0.15) is 64.7 Å². The molecule has 1 saturated carbocycles. The summed E-state index contributed by atoms with van der Waals surface area (Å²) in [5, 5.41) is 18.7. The minimum Gasteiger partial charge on any atom is -0.481 e. The lowest BCUT2D eigenvalue weighted by atomic mass is 9.89. The molecule has 5 nitrogen and oxygen atoms in total. The smallest absolute Gasteiger partial charge is 0.303 e. The number of carbonyl (C=O) groups is 1. The summed E-state index contributed by atoms with van der Waals surface area (Å²) in [5.41, 5.74) is 0. The van der Waals surface area contributed by atoms with Gasteiger partial charge in [0, 0.05) is 24.7 Å². The average molecular weight is 352 g/mol. The van der Waals surface area contributed by atoms with Gasteiger partial charge in [-0.25, -0.2) is 9.78 Å². The standard InChI is InChI=1S/C20H32O5/c1-2-3-6-9-15(21)12-13-17-16(18-14-19(17)25-24-18)10-7-4-5-8-11-20(22)23/h4,7,12-13,15-19,21H,2-3,5-6,8-11,14H2,1H3,(H,22,23)/t15-,16-,17-,18+,19-/m0/s1. The number of rotatable bonds is 12. The van der Waals surface area contributed by atoms with E-state index in [1.807, 2.05) is 6.08 Å². The molecule has 0 aromatic rings. The van der Waals surface area contributed by atoms with Crippen molar-refractivity contribution in [2.45, 2.75) is 83.0 Å². The second-order valence-corrected chi connectivity index (χ2v) is 7.19. The Morgan fingerprint density at radius 3 is 2.76 bits per heavy atom. The van der Waals surface area contributed by atoms with Crippen molar-refractivity contribution in [1.82, 2.24) is 0 Å². The molecule has 2 aliphatic rings. The molecule has 0 spiro atoms. The average Bonchev–Trinajstić information content (AvgIpc) is 3.17. The maximum absolute atomic E-state index is 10.5. The summed E-state index contributed by atoms with van der Waals surface area (Å²) in [4.78, 5) is 21.3. The first kappa shape index (κ1) is 20.1. The third kappa shape index (κ3) is 6.57. The zero-order valence-electron chi connectivity index (χ0n) is 15.2. The van der Waals surface area contributed by atoms with E-state index < -0.39 is 5.97 Å². The van der Waals surface area contributed by atoms with Crippen LogP contribution in [-0.2, 0) is 14.6 Å². The molecule has 2 bridgehead atoms. The second-order valence-electron chi connectivity index (χ2n) is 7.19. The van der Waals surface area contributed by atoms with Gasteiger partial charge in [0.15, 0.2) is 0 Å². The molecule has 2 fully saturated rings. The normalized spacial score (nSPS) is 29.8. The SMILES string of the molecule is CCCCC[C@H](O)C=C[C@H]1[C@H](CC=CCCCC(=O)O)[C@H]2C[C@@H]1OO2. The van der Waals surface area contributed by atoms with Crippen molar-refractivity contribution < 1.29 is 24.8 Å². The van der Waals surface area contributed by atoms with Gasteiger partial charge < -0.3 is 10.2 Å². The van der Waals surface area contributed by atoms with Gasteiger partial charge >= 0.3 is 5.97 Å². The Balaban J connectivity index is 1.78. The lowest BCUT2D eigenvalue weighted by Crippen LogP contribution is -2.28. The van der Waals surface area contributed by atoms with Crippen LogP contribution in [0.3, 0.4) is 0 Å². The predicted octanol–water partition coefficient (Wildman–Crippen LogP) is 4.02. The number of carboxylic acids is 1. The molecule has 25 heavy (non-hydrogen) atoms. The quantitative estimate of drug-likeness (QED) is 0.315. The number of hydrogen-bond acceptors (Lipinski definition) is 4. The molecule has 0 amide bonds. The van der Waals surface area contributed by atoms with Crippen LogP contribution >= 0.6 is 0 Å². The van der Waals surface area contributed by atoms with Crippen LogP contribution in [0.2, 0.25) is 0 Å². The van der Waals surface area contributed by atoms with Crippen molar-refractivity contribution in [2.75, 3.05) is 0 Å². The molecule has 142 valence electrons. The largest absolute Gasteiger partial charge is 0.481 e. The van der Waals surface area contributed by atoms with E-state index in [2.05, 4.69) is 25.2 Å². The van der Waals surface area contributed by atoms with Gasteiger partial charge in [0.05, 0.1) is 12.2 Å². The molecule has 0 unspecified atom stereocenters. The second kappa shape index (κ2) is 10.7. The number of aliphatic hydroxyl groups excluding tert-OH is 1. The Morgan fingerprint density at radius 1 is 1.20 bits per heavy atom. The third-order valence-electron chi connectivity index (χ3n) is 5.16.